The maximum atomic E-state index is 3.95. The minimum atomic E-state index is 1.08. The zero-order chi connectivity index (χ0) is 7.84. The molecule has 0 aliphatic carbocycles. The first-order chi connectivity index (χ1) is 5.29. The van der Waals surface area contributed by atoms with Gasteiger partial charge < -0.3 is 0 Å². The summed E-state index contributed by atoms with van der Waals surface area (Å²) < 4.78 is 2.32. The number of hydrogen-bond donors (Lipinski definition) is 1. The lowest BCUT2D eigenvalue weighted by molar-refractivity contribution is 1.12. The van der Waals surface area contributed by atoms with Crippen molar-refractivity contribution in [2.45, 2.75) is 0 Å². The topological polar surface area (TPSA) is 28.7 Å². The van der Waals surface area contributed by atoms with Gasteiger partial charge in [-0.3, -0.25) is 5.10 Å². The fraction of sp³-hybridized carbons (Fsp3) is 0. The van der Waals surface area contributed by atoms with Crippen LogP contribution >= 0.6 is 38.5 Å². The van der Waals surface area contributed by atoms with E-state index in [9.17, 15) is 0 Å². The third kappa shape index (κ3) is 1.18. The number of aromatic amines is 1. The van der Waals surface area contributed by atoms with Crippen LogP contribution in [0.15, 0.2) is 22.8 Å². The first-order valence-electron chi connectivity index (χ1n) is 3.06. The van der Waals surface area contributed by atoms with Crippen LogP contribution in [-0.2, 0) is 0 Å². The van der Waals surface area contributed by atoms with Crippen LogP contribution in [0.3, 0.4) is 0 Å². The van der Waals surface area contributed by atoms with Crippen LogP contribution in [0.2, 0.25) is 0 Å². The molecule has 11 heavy (non-hydrogen) atoms. The summed E-state index contributed by atoms with van der Waals surface area (Å²) in [6.07, 6.45) is 1.84. The van der Waals surface area contributed by atoms with Crippen molar-refractivity contribution in [2.75, 3.05) is 0 Å². The van der Waals surface area contributed by atoms with Crippen LogP contribution in [0.4, 0.5) is 0 Å². The molecule has 0 amide bonds. The molecule has 0 spiro atoms. The predicted molar refractivity (Wildman–Crippen MR) is 56.5 cm³/mol. The number of nitrogens with one attached hydrogen (secondary N) is 1. The van der Waals surface area contributed by atoms with Crippen LogP contribution < -0.4 is 0 Å². The Labute approximate surface area is 85.6 Å². The number of hydrogen-bond acceptors (Lipinski definition) is 1. The molecule has 2 rings (SSSR count). The highest BCUT2D eigenvalue weighted by atomic mass is 127. The molecule has 0 aliphatic heterocycles. The third-order valence-electron chi connectivity index (χ3n) is 1.51. The molecule has 0 saturated heterocycles. The zero-order valence-electron chi connectivity index (χ0n) is 5.44. The van der Waals surface area contributed by atoms with E-state index in [1.807, 2.05) is 18.3 Å². The van der Waals surface area contributed by atoms with Crippen molar-refractivity contribution in [1.82, 2.24) is 10.2 Å². The summed E-state index contributed by atoms with van der Waals surface area (Å²) in [6.45, 7) is 0. The first-order valence-corrected chi connectivity index (χ1v) is 4.93. The molecule has 1 N–H and O–H groups in total. The van der Waals surface area contributed by atoms with Crippen LogP contribution in [0, 0.1) is 3.57 Å². The molecule has 0 atom stereocenters. The van der Waals surface area contributed by atoms with Crippen molar-refractivity contribution in [3.8, 4) is 0 Å². The molecular formula is C7H4BrIN2. The second kappa shape index (κ2) is 2.75. The van der Waals surface area contributed by atoms with Crippen molar-refractivity contribution < 1.29 is 0 Å². The average Bonchev–Trinajstić information content (AvgIpc) is 2.45. The van der Waals surface area contributed by atoms with Crippen molar-refractivity contribution in [1.29, 1.82) is 0 Å². The van der Waals surface area contributed by atoms with Gasteiger partial charge in [-0.25, -0.2) is 0 Å². The molecule has 1 aromatic heterocycles. The van der Waals surface area contributed by atoms with E-state index < -0.39 is 0 Å². The lowest BCUT2D eigenvalue weighted by Gasteiger charge is -1.95. The molecule has 0 radical (unpaired) electrons. The quantitative estimate of drug-likeness (QED) is 0.742. The number of fused-ring (bicyclic) bond motifs is 1. The summed E-state index contributed by atoms with van der Waals surface area (Å²) in [5.74, 6) is 0. The highest BCUT2D eigenvalue weighted by Gasteiger charge is 2.02. The Kier molecular flexibility index (Phi) is 1.88. The van der Waals surface area contributed by atoms with Crippen molar-refractivity contribution >= 4 is 49.4 Å². The maximum Gasteiger partial charge on any atom is 0.0661 e. The van der Waals surface area contributed by atoms with Gasteiger partial charge in [-0.1, -0.05) is 0 Å². The van der Waals surface area contributed by atoms with E-state index in [4.69, 9.17) is 0 Å². The normalized spacial score (nSPS) is 10.7. The molecule has 1 heterocycles. The standard InChI is InChI=1S/C7H4BrIN2/c8-5-1-2-6-4(7(5)9)3-10-11-6/h1-3H,(H,10,11). The van der Waals surface area contributed by atoms with E-state index in [2.05, 4.69) is 48.7 Å². The summed E-state index contributed by atoms with van der Waals surface area (Å²) >= 11 is 5.74. The summed E-state index contributed by atoms with van der Waals surface area (Å²) in [6, 6.07) is 4.02. The number of nitrogens with zero attached hydrogens (tertiary/aromatic N) is 1. The molecule has 0 saturated carbocycles. The molecule has 2 aromatic rings. The second-order valence-electron chi connectivity index (χ2n) is 2.19. The lowest BCUT2D eigenvalue weighted by Crippen LogP contribution is -1.75. The predicted octanol–water partition coefficient (Wildman–Crippen LogP) is 2.93. The largest absolute Gasteiger partial charge is 0.278 e. The van der Waals surface area contributed by atoms with E-state index in [0.717, 1.165) is 9.99 Å². The van der Waals surface area contributed by atoms with Gasteiger partial charge in [0.1, 0.15) is 0 Å². The summed E-state index contributed by atoms with van der Waals surface area (Å²) in [5.41, 5.74) is 1.08. The molecule has 0 fully saturated rings. The Balaban J connectivity index is 2.93. The number of benzene rings is 1. The highest BCUT2D eigenvalue weighted by molar-refractivity contribution is 14.1. The van der Waals surface area contributed by atoms with Gasteiger partial charge in [0.25, 0.3) is 0 Å². The second-order valence-corrected chi connectivity index (χ2v) is 4.13. The molecule has 4 heteroatoms. The van der Waals surface area contributed by atoms with Crippen LogP contribution in [-0.4, -0.2) is 10.2 Å². The fourth-order valence-corrected chi connectivity index (χ4v) is 1.91. The molecule has 56 valence electrons. The molecule has 0 unspecified atom stereocenters. The molecule has 0 bridgehead atoms. The van der Waals surface area contributed by atoms with Crippen LogP contribution in [0.25, 0.3) is 10.9 Å². The fourth-order valence-electron chi connectivity index (χ4n) is 0.956. The van der Waals surface area contributed by atoms with Gasteiger partial charge in [0.05, 0.1) is 11.7 Å². The summed E-state index contributed by atoms with van der Waals surface area (Å²) in [4.78, 5) is 0. The van der Waals surface area contributed by atoms with Gasteiger partial charge in [-0.2, -0.15) is 5.10 Å². The van der Waals surface area contributed by atoms with E-state index in [0.29, 0.717) is 0 Å². The van der Waals surface area contributed by atoms with Crippen LogP contribution in [0.5, 0.6) is 0 Å². The molecule has 2 nitrogen and oxygen atoms in total. The van der Waals surface area contributed by atoms with Gasteiger partial charge in [-0.05, 0) is 50.7 Å². The average molecular weight is 323 g/mol. The van der Waals surface area contributed by atoms with E-state index in [1.165, 1.54) is 8.96 Å². The lowest BCUT2D eigenvalue weighted by atomic mass is 10.3. The van der Waals surface area contributed by atoms with Crippen molar-refractivity contribution in [3.05, 3.63) is 26.4 Å². The number of rotatable bonds is 0. The summed E-state index contributed by atoms with van der Waals surface area (Å²) in [5, 5.41) is 8.03. The number of aromatic nitrogens is 2. The SMILES string of the molecule is Brc1ccc2[nH]ncc2c1I. The van der Waals surface area contributed by atoms with Crippen LogP contribution in [0.1, 0.15) is 0 Å². The number of H-pyrrole nitrogens is 1. The highest BCUT2D eigenvalue weighted by Crippen LogP contribution is 2.26. The van der Waals surface area contributed by atoms with Gasteiger partial charge >= 0.3 is 0 Å². The third-order valence-corrected chi connectivity index (χ3v) is 4.08. The Morgan fingerprint density at radius 1 is 1.45 bits per heavy atom. The van der Waals surface area contributed by atoms with E-state index in [-0.39, 0.29) is 0 Å². The minimum absolute atomic E-state index is 1.08. The zero-order valence-corrected chi connectivity index (χ0v) is 9.18. The van der Waals surface area contributed by atoms with Gasteiger partial charge in [0, 0.05) is 13.4 Å². The minimum Gasteiger partial charge on any atom is -0.278 e. The Bertz CT molecular complexity index is 396. The summed E-state index contributed by atoms with van der Waals surface area (Å²) in [7, 11) is 0. The molecular weight excluding hydrogens is 319 g/mol. The Morgan fingerprint density at radius 3 is 3.09 bits per heavy atom. The molecule has 1 aromatic carbocycles. The van der Waals surface area contributed by atoms with Crippen molar-refractivity contribution in [2.24, 2.45) is 0 Å². The van der Waals surface area contributed by atoms with Gasteiger partial charge in [0.15, 0.2) is 0 Å². The molecule has 0 aliphatic rings. The maximum absolute atomic E-state index is 3.95. The first kappa shape index (κ1) is 7.54. The Morgan fingerprint density at radius 2 is 2.27 bits per heavy atom. The van der Waals surface area contributed by atoms with Gasteiger partial charge in [-0.15, -0.1) is 0 Å². The van der Waals surface area contributed by atoms with E-state index in [1.54, 1.807) is 0 Å². The Hall–Kier alpha value is -0.100. The smallest absolute Gasteiger partial charge is 0.0661 e. The van der Waals surface area contributed by atoms with Gasteiger partial charge in [0.2, 0.25) is 0 Å². The van der Waals surface area contributed by atoms with E-state index >= 15 is 0 Å². The van der Waals surface area contributed by atoms with Crippen molar-refractivity contribution in [3.63, 3.8) is 0 Å². The number of halogens is 2. The monoisotopic (exact) mass is 322 g/mol.